The normalized spacial score (nSPS) is 12.8. The molecule has 2 rings (SSSR count). The number of fused-ring (bicyclic) bond motifs is 1. The van der Waals surface area contributed by atoms with Crippen molar-refractivity contribution in [2.45, 2.75) is 19.4 Å². The van der Waals surface area contributed by atoms with Crippen LogP contribution in [0.15, 0.2) is 24.5 Å². The number of hydrogen-bond donors (Lipinski definition) is 1. The number of hydrogen-bond acceptors (Lipinski definition) is 3. The van der Waals surface area contributed by atoms with Gasteiger partial charge in [-0.3, -0.25) is 0 Å². The number of aromatic nitrogens is 2. The van der Waals surface area contributed by atoms with Gasteiger partial charge in [-0.25, -0.2) is 9.78 Å². The Morgan fingerprint density at radius 3 is 2.94 bits per heavy atom. The standard InChI is InChI=1S/C13H16N2O2S/c1-3-10(7-18-2)15-8-14-11-6-9(13(16)17)4-5-12(11)15/h4-6,8,10H,3,7H2,1-2H3,(H,16,17). The Morgan fingerprint density at radius 1 is 1.56 bits per heavy atom. The van der Waals surface area contributed by atoms with Crippen molar-refractivity contribution < 1.29 is 9.90 Å². The molecule has 0 radical (unpaired) electrons. The molecule has 0 fully saturated rings. The van der Waals surface area contributed by atoms with Gasteiger partial charge < -0.3 is 9.67 Å². The molecule has 0 amide bonds. The number of aromatic carboxylic acids is 1. The Morgan fingerprint density at radius 2 is 2.33 bits per heavy atom. The van der Waals surface area contributed by atoms with E-state index in [1.165, 1.54) is 0 Å². The zero-order chi connectivity index (χ0) is 13.1. The lowest BCUT2D eigenvalue weighted by Crippen LogP contribution is -2.09. The average Bonchev–Trinajstić information content (AvgIpc) is 2.78. The molecule has 0 spiro atoms. The van der Waals surface area contributed by atoms with E-state index in [1.54, 1.807) is 30.2 Å². The van der Waals surface area contributed by atoms with Crippen LogP contribution in [0.1, 0.15) is 29.7 Å². The third-order valence-corrected chi connectivity index (χ3v) is 3.76. The smallest absolute Gasteiger partial charge is 0.335 e. The highest BCUT2D eigenvalue weighted by atomic mass is 32.2. The van der Waals surface area contributed by atoms with E-state index in [0.29, 0.717) is 6.04 Å². The highest BCUT2D eigenvalue weighted by Gasteiger charge is 2.13. The van der Waals surface area contributed by atoms with Gasteiger partial charge in [0.25, 0.3) is 0 Å². The van der Waals surface area contributed by atoms with Gasteiger partial charge in [0, 0.05) is 11.8 Å². The summed E-state index contributed by atoms with van der Waals surface area (Å²) in [5.74, 6) is 0.116. The van der Waals surface area contributed by atoms with Gasteiger partial charge in [0.05, 0.1) is 22.9 Å². The summed E-state index contributed by atoms with van der Waals surface area (Å²) >= 11 is 1.81. The van der Waals surface area contributed by atoms with Crippen LogP contribution in [-0.4, -0.2) is 32.6 Å². The number of imidazole rings is 1. The quantitative estimate of drug-likeness (QED) is 0.901. The van der Waals surface area contributed by atoms with Crippen molar-refractivity contribution in [3.8, 4) is 0 Å². The molecule has 18 heavy (non-hydrogen) atoms. The minimum absolute atomic E-state index is 0.283. The third-order valence-electron chi connectivity index (χ3n) is 3.05. The molecule has 1 aromatic heterocycles. The fourth-order valence-electron chi connectivity index (χ4n) is 2.04. The number of rotatable bonds is 5. The SMILES string of the molecule is CCC(CSC)n1cnc2cc(C(=O)O)ccc21. The van der Waals surface area contributed by atoms with Crippen molar-refractivity contribution in [1.82, 2.24) is 9.55 Å². The molecule has 4 nitrogen and oxygen atoms in total. The minimum atomic E-state index is -0.914. The number of carbonyl (C=O) groups is 1. The van der Waals surface area contributed by atoms with Crippen LogP contribution in [0.2, 0.25) is 0 Å². The summed E-state index contributed by atoms with van der Waals surface area (Å²) in [7, 11) is 0. The minimum Gasteiger partial charge on any atom is -0.478 e. The van der Waals surface area contributed by atoms with Gasteiger partial charge in [-0.2, -0.15) is 11.8 Å². The van der Waals surface area contributed by atoms with Gasteiger partial charge in [-0.1, -0.05) is 6.92 Å². The van der Waals surface area contributed by atoms with E-state index < -0.39 is 5.97 Å². The summed E-state index contributed by atoms with van der Waals surface area (Å²) in [5, 5.41) is 8.95. The van der Waals surface area contributed by atoms with Crippen LogP contribution in [0.25, 0.3) is 11.0 Å². The lowest BCUT2D eigenvalue weighted by Gasteiger charge is -2.16. The summed E-state index contributed by atoms with van der Waals surface area (Å²) in [5.41, 5.74) is 2.03. The Hall–Kier alpha value is -1.49. The van der Waals surface area contributed by atoms with E-state index in [4.69, 9.17) is 5.11 Å². The predicted molar refractivity (Wildman–Crippen MR) is 74.4 cm³/mol. The van der Waals surface area contributed by atoms with Crippen LogP contribution in [0.3, 0.4) is 0 Å². The van der Waals surface area contributed by atoms with Gasteiger partial charge in [0.15, 0.2) is 0 Å². The van der Waals surface area contributed by atoms with E-state index in [9.17, 15) is 4.79 Å². The molecular formula is C13H16N2O2S. The zero-order valence-corrected chi connectivity index (χ0v) is 11.3. The van der Waals surface area contributed by atoms with Crippen LogP contribution < -0.4 is 0 Å². The molecule has 1 unspecified atom stereocenters. The molecule has 96 valence electrons. The van der Waals surface area contributed by atoms with Gasteiger partial charge >= 0.3 is 5.97 Å². The van der Waals surface area contributed by atoms with Crippen LogP contribution in [-0.2, 0) is 0 Å². The highest BCUT2D eigenvalue weighted by Crippen LogP contribution is 2.23. The summed E-state index contributed by atoms with van der Waals surface area (Å²) in [4.78, 5) is 15.2. The maximum atomic E-state index is 10.9. The van der Waals surface area contributed by atoms with Crippen molar-refractivity contribution in [2.75, 3.05) is 12.0 Å². The van der Waals surface area contributed by atoms with Gasteiger partial charge in [-0.15, -0.1) is 0 Å². The second-order valence-corrected chi connectivity index (χ2v) is 5.09. The van der Waals surface area contributed by atoms with Crippen molar-refractivity contribution in [3.05, 3.63) is 30.1 Å². The number of carboxylic acid groups (broad SMARTS) is 1. The second-order valence-electron chi connectivity index (χ2n) is 4.18. The maximum absolute atomic E-state index is 10.9. The Kier molecular flexibility index (Phi) is 3.91. The molecule has 0 aliphatic heterocycles. The molecule has 1 atom stereocenters. The van der Waals surface area contributed by atoms with E-state index in [1.807, 2.05) is 6.07 Å². The Bertz CT molecular complexity index is 565. The van der Waals surface area contributed by atoms with E-state index >= 15 is 0 Å². The fourth-order valence-corrected chi connectivity index (χ4v) is 2.82. The largest absolute Gasteiger partial charge is 0.478 e. The molecule has 0 aliphatic carbocycles. The van der Waals surface area contributed by atoms with Gasteiger partial charge in [0.2, 0.25) is 0 Å². The van der Waals surface area contributed by atoms with Crippen molar-refractivity contribution >= 4 is 28.8 Å². The topological polar surface area (TPSA) is 55.1 Å². The Labute approximate surface area is 110 Å². The van der Waals surface area contributed by atoms with Crippen molar-refractivity contribution in [1.29, 1.82) is 0 Å². The van der Waals surface area contributed by atoms with Crippen LogP contribution >= 0.6 is 11.8 Å². The maximum Gasteiger partial charge on any atom is 0.335 e. The van der Waals surface area contributed by atoms with Gasteiger partial charge in [0.1, 0.15) is 0 Å². The summed E-state index contributed by atoms with van der Waals surface area (Å²) < 4.78 is 2.14. The first-order chi connectivity index (χ1) is 8.67. The lowest BCUT2D eigenvalue weighted by molar-refractivity contribution is 0.0697. The second kappa shape index (κ2) is 5.44. The van der Waals surface area contributed by atoms with Crippen LogP contribution in [0, 0.1) is 0 Å². The molecule has 1 heterocycles. The monoisotopic (exact) mass is 264 g/mol. The summed E-state index contributed by atoms with van der Waals surface area (Å²) in [6, 6.07) is 5.50. The third kappa shape index (κ3) is 2.36. The van der Waals surface area contributed by atoms with E-state index in [-0.39, 0.29) is 5.56 Å². The number of nitrogens with zero attached hydrogens (tertiary/aromatic N) is 2. The van der Waals surface area contributed by atoms with E-state index in [0.717, 1.165) is 23.2 Å². The van der Waals surface area contributed by atoms with Crippen molar-refractivity contribution in [2.24, 2.45) is 0 Å². The van der Waals surface area contributed by atoms with Gasteiger partial charge in [-0.05, 0) is 30.9 Å². The molecule has 1 aromatic carbocycles. The first-order valence-corrected chi connectivity index (χ1v) is 7.25. The highest BCUT2D eigenvalue weighted by molar-refractivity contribution is 7.98. The Balaban J connectivity index is 2.45. The molecule has 1 N–H and O–H groups in total. The fraction of sp³-hybridized carbons (Fsp3) is 0.385. The van der Waals surface area contributed by atoms with Crippen LogP contribution in [0.5, 0.6) is 0 Å². The molecule has 0 saturated carbocycles. The number of carboxylic acids is 1. The molecule has 5 heteroatoms. The number of thioether (sulfide) groups is 1. The molecular weight excluding hydrogens is 248 g/mol. The van der Waals surface area contributed by atoms with E-state index in [2.05, 4.69) is 22.7 Å². The van der Waals surface area contributed by atoms with Crippen molar-refractivity contribution in [3.63, 3.8) is 0 Å². The predicted octanol–water partition coefficient (Wildman–Crippen LogP) is 3.05. The lowest BCUT2D eigenvalue weighted by atomic mass is 10.2. The molecule has 2 aromatic rings. The first-order valence-electron chi connectivity index (χ1n) is 5.86. The van der Waals surface area contributed by atoms with Crippen LogP contribution in [0.4, 0.5) is 0 Å². The molecule has 0 aliphatic rings. The summed E-state index contributed by atoms with van der Waals surface area (Å²) in [6.45, 7) is 2.15. The summed E-state index contributed by atoms with van der Waals surface area (Å²) in [6.07, 6.45) is 4.93. The average molecular weight is 264 g/mol. The molecule has 0 bridgehead atoms. The number of benzene rings is 1. The molecule has 0 saturated heterocycles. The zero-order valence-electron chi connectivity index (χ0n) is 10.5. The first kappa shape index (κ1) is 13.0.